The molecule has 1 heterocycles. The van der Waals surface area contributed by atoms with Crippen LogP contribution in [0.5, 0.6) is 5.75 Å². The quantitative estimate of drug-likeness (QED) is 0.794. The summed E-state index contributed by atoms with van der Waals surface area (Å²) in [6.45, 7) is 1.71. The number of rotatable bonds is 6. The van der Waals surface area contributed by atoms with Gasteiger partial charge in [0.2, 0.25) is 5.91 Å². The first-order chi connectivity index (χ1) is 11.5. The van der Waals surface area contributed by atoms with Crippen molar-refractivity contribution < 1.29 is 14.3 Å². The van der Waals surface area contributed by atoms with E-state index in [1.807, 2.05) is 0 Å². The molecule has 3 N–H and O–H groups in total. The predicted molar refractivity (Wildman–Crippen MR) is 93.3 cm³/mol. The lowest BCUT2D eigenvalue weighted by atomic mass is 9.97. The Bertz CT molecular complexity index is 598. The van der Waals surface area contributed by atoms with Crippen LogP contribution in [0.25, 0.3) is 0 Å². The van der Waals surface area contributed by atoms with Gasteiger partial charge in [0.1, 0.15) is 5.75 Å². The van der Waals surface area contributed by atoms with Gasteiger partial charge >= 0.3 is 0 Å². The highest BCUT2D eigenvalue weighted by molar-refractivity contribution is 6.34. The zero-order valence-electron chi connectivity index (χ0n) is 13.3. The molecule has 0 aliphatic carbocycles. The summed E-state index contributed by atoms with van der Waals surface area (Å²) in [4.78, 5) is 26.0. The molecule has 1 saturated heterocycles. The van der Waals surface area contributed by atoms with Crippen molar-refractivity contribution in [3.8, 4) is 5.75 Å². The van der Waals surface area contributed by atoms with Crippen molar-refractivity contribution in [2.45, 2.75) is 12.8 Å². The zero-order chi connectivity index (χ0) is 17.5. The van der Waals surface area contributed by atoms with Crippen LogP contribution in [0.4, 0.5) is 0 Å². The van der Waals surface area contributed by atoms with Crippen LogP contribution in [0.15, 0.2) is 18.2 Å². The van der Waals surface area contributed by atoms with E-state index in [1.165, 1.54) is 0 Å². The van der Waals surface area contributed by atoms with Gasteiger partial charge in [-0.1, -0.05) is 23.2 Å². The Morgan fingerprint density at radius 3 is 2.92 bits per heavy atom. The van der Waals surface area contributed by atoms with Crippen molar-refractivity contribution in [3.05, 3.63) is 28.2 Å². The second-order valence-corrected chi connectivity index (χ2v) is 6.47. The van der Waals surface area contributed by atoms with Crippen LogP contribution < -0.4 is 15.8 Å². The Labute approximate surface area is 151 Å². The minimum Gasteiger partial charge on any atom is -0.482 e. The molecule has 0 radical (unpaired) electrons. The zero-order valence-corrected chi connectivity index (χ0v) is 14.8. The molecular formula is C16H21Cl2N3O3. The summed E-state index contributed by atoms with van der Waals surface area (Å²) < 4.78 is 5.47. The summed E-state index contributed by atoms with van der Waals surface area (Å²) in [6.07, 6.45) is 1.55. The van der Waals surface area contributed by atoms with Gasteiger partial charge in [-0.3, -0.25) is 9.59 Å². The summed E-state index contributed by atoms with van der Waals surface area (Å²) >= 11 is 11.9. The van der Waals surface area contributed by atoms with E-state index in [-0.39, 0.29) is 24.3 Å². The molecule has 1 fully saturated rings. The van der Waals surface area contributed by atoms with Crippen molar-refractivity contribution in [1.82, 2.24) is 10.2 Å². The first kappa shape index (κ1) is 18.8. The third kappa shape index (κ3) is 5.26. The smallest absolute Gasteiger partial charge is 0.260 e. The van der Waals surface area contributed by atoms with E-state index in [2.05, 4.69) is 5.32 Å². The maximum atomic E-state index is 12.3. The maximum Gasteiger partial charge on any atom is 0.260 e. The Hall–Kier alpha value is -1.50. The second-order valence-electron chi connectivity index (χ2n) is 5.62. The summed E-state index contributed by atoms with van der Waals surface area (Å²) in [6, 6.07) is 4.83. The van der Waals surface area contributed by atoms with E-state index in [0.29, 0.717) is 42.0 Å². The number of nitrogens with zero attached hydrogens (tertiary/aromatic N) is 1. The molecule has 8 heteroatoms. The molecular weight excluding hydrogens is 353 g/mol. The van der Waals surface area contributed by atoms with Gasteiger partial charge in [-0.25, -0.2) is 0 Å². The normalized spacial score (nSPS) is 17.5. The average Bonchev–Trinajstić information content (AvgIpc) is 2.60. The van der Waals surface area contributed by atoms with Crippen LogP contribution in [0, 0.1) is 5.92 Å². The van der Waals surface area contributed by atoms with Crippen LogP contribution >= 0.6 is 23.2 Å². The van der Waals surface area contributed by atoms with Crippen LogP contribution in [-0.4, -0.2) is 49.5 Å². The molecule has 24 heavy (non-hydrogen) atoms. The summed E-state index contributed by atoms with van der Waals surface area (Å²) in [5.41, 5.74) is 5.38. The van der Waals surface area contributed by atoms with Gasteiger partial charge in [0, 0.05) is 37.3 Å². The molecule has 0 spiro atoms. The van der Waals surface area contributed by atoms with Gasteiger partial charge in [0.05, 0.1) is 10.9 Å². The molecule has 132 valence electrons. The lowest BCUT2D eigenvalue weighted by Gasteiger charge is -2.32. The molecule has 1 aromatic carbocycles. The maximum absolute atomic E-state index is 12.3. The van der Waals surface area contributed by atoms with Gasteiger partial charge < -0.3 is 20.7 Å². The van der Waals surface area contributed by atoms with Crippen molar-refractivity contribution in [1.29, 1.82) is 0 Å². The number of halogens is 2. The standard InChI is InChI=1S/C16H21Cl2N3O3/c17-12-3-4-13(18)14(8-12)24-10-15(22)21-7-1-2-11(9-21)16(23)20-6-5-19/h3-4,8,11H,1-2,5-7,9-10,19H2,(H,20,23). The molecule has 0 aromatic heterocycles. The highest BCUT2D eigenvalue weighted by atomic mass is 35.5. The highest BCUT2D eigenvalue weighted by Gasteiger charge is 2.28. The number of nitrogens with two attached hydrogens (primary N) is 1. The number of piperidine rings is 1. The van der Waals surface area contributed by atoms with Gasteiger partial charge in [-0.2, -0.15) is 0 Å². The molecule has 1 aliphatic rings. The largest absolute Gasteiger partial charge is 0.482 e. The molecule has 0 saturated carbocycles. The monoisotopic (exact) mass is 373 g/mol. The van der Waals surface area contributed by atoms with Crippen LogP contribution in [-0.2, 0) is 9.59 Å². The molecule has 1 aromatic rings. The minimum absolute atomic E-state index is 0.0586. The van der Waals surface area contributed by atoms with E-state index < -0.39 is 0 Å². The number of benzene rings is 1. The predicted octanol–water partition coefficient (Wildman–Crippen LogP) is 1.69. The van der Waals surface area contributed by atoms with E-state index in [0.717, 1.165) is 12.8 Å². The Morgan fingerprint density at radius 2 is 2.17 bits per heavy atom. The van der Waals surface area contributed by atoms with Gasteiger partial charge in [-0.15, -0.1) is 0 Å². The van der Waals surface area contributed by atoms with Crippen LogP contribution in [0.3, 0.4) is 0 Å². The number of amides is 2. The van der Waals surface area contributed by atoms with Crippen molar-refractivity contribution in [2.75, 3.05) is 32.8 Å². The van der Waals surface area contributed by atoms with Crippen molar-refractivity contribution in [3.63, 3.8) is 0 Å². The highest BCUT2D eigenvalue weighted by Crippen LogP contribution is 2.27. The average molecular weight is 374 g/mol. The Morgan fingerprint density at radius 1 is 1.38 bits per heavy atom. The SMILES string of the molecule is NCCNC(=O)C1CCCN(C(=O)COc2cc(Cl)ccc2Cl)C1. The van der Waals surface area contributed by atoms with Crippen LogP contribution in [0.1, 0.15) is 12.8 Å². The summed E-state index contributed by atoms with van der Waals surface area (Å²) in [5, 5.41) is 3.64. The molecule has 2 rings (SSSR count). The van der Waals surface area contributed by atoms with E-state index in [1.54, 1.807) is 23.1 Å². The first-order valence-electron chi connectivity index (χ1n) is 7.84. The summed E-state index contributed by atoms with van der Waals surface area (Å²) in [7, 11) is 0. The fraction of sp³-hybridized carbons (Fsp3) is 0.500. The van der Waals surface area contributed by atoms with E-state index in [9.17, 15) is 9.59 Å². The van der Waals surface area contributed by atoms with Crippen molar-refractivity contribution in [2.24, 2.45) is 11.7 Å². The minimum atomic E-state index is -0.205. The Balaban J connectivity index is 1.87. The van der Waals surface area contributed by atoms with E-state index in [4.69, 9.17) is 33.7 Å². The molecule has 1 unspecified atom stereocenters. The van der Waals surface area contributed by atoms with Crippen molar-refractivity contribution >= 4 is 35.0 Å². The number of hydrogen-bond acceptors (Lipinski definition) is 4. The third-order valence-electron chi connectivity index (χ3n) is 3.83. The van der Waals surface area contributed by atoms with Gasteiger partial charge in [-0.05, 0) is 25.0 Å². The number of carbonyl (C=O) groups excluding carboxylic acids is 2. The molecule has 2 amide bonds. The Kier molecular flexibility index (Phi) is 7.15. The number of nitrogens with one attached hydrogen (secondary N) is 1. The lowest BCUT2D eigenvalue weighted by Crippen LogP contribution is -2.47. The van der Waals surface area contributed by atoms with E-state index >= 15 is 0 Å². The fourth-order valence-corrected chi connectivity index (χ4v) is 2.91. The first-order valence-corrected chi connectivity index (χ1v) is 8.60. The van der Waals surface area contributed by atoms with Gasteiger partial charge in [0.15, 0.2) is 6.61 Å². The molecule has 1 aliphatic heterocycles. The van der Waals surface area contributed by atoms with Gasteiger partial charge in [0.25, 0.3) is 5.91 Å². The number of likely N-dealkylation sites (tertiary alicyclic amines) is 1. The number of carbonyl (C=O) groups is 2. The number of ether oxygens (including phenoxy) is 1. The molecule has 6 nitrogen and oxygen atoms in total. The second kappa shape index (κ2) is 9.11. The topological polar surface area (TPSA) is 84.7 Å². The lowest BCUT2D eigenvalue weighted by molar-refractivity contribution is -0.137. The third-order valence-corrected chi connectivity index (χ3v) is 4.38. The van der Waals surface area contributed by atoms with Crippen LogP contribution in [0.2, 0.25) is 10.0 Å². The fourth-order valence-electron chi connectivity index (χ4n) is 2.58. The number of hydrogen-bond donors (Lipinski definition) is 2. The molecule has 0 bridgehead atoms. The summed E-state index contributed by atoms with van der Waals surface area (Å²) in [5.74, 6) is -0.0742. The molecule has 1 atom stereocenters.